The average Bonchev–Trinajstić information content (AvgIpc) is 2.78. The van der Waals surface area contributed by atoms with Gasteiger partial charge >= 0.3 is 0 Å². The van der Waals surface area contributed by atoms with Crippen LogP contribution in [-0.4, -0.2) is 26.9 Å². The van der Waals surface area contributed by atoms with Gasteiger partial charge in [-0.2, -0.15) is 0 Å². The number of hydrogen-bond acceptors (Lipinski definition) is 4. The van der Waals surface area contributed by atoms with Gasteiger partial charge in [0.2, 0.25) is 0 Å². The second kappa shape index (κ2) is 8.86. The second-order valence-corrected chi connectivity index (χ2v) is 8.16. The minimum absolute atomic E-state index is 0.112. The van der Waals surface area contributed by atoms with Gasteiger partial charge < -0.3 is 5.32 Å². The van der Waals surface area contributed by atoms with Crippen molar-refractivity contribution in [3.8, 4) is 0 Å². The van der Waals surface area contributed by atoms with E-state index < -0.39 is 0 Å². The Hall–Kier alpha value is -2.89. The first-order valence-electron chi connectivity index (χ1n) is 10.7. The van der Waals surface area contributed by atoms with E-state index in [1.807, 2.05) is 12.1 Å². The largest absolute Gasteiger partial charge is 0.349 e. The number of nitrogens with zero attached hydrogens (tertiary/aromatic N) is 3. The van der Waals surface area contributed by atoms with Crippen molar-refractivity contribution >= 4 is 16.8 Å². The second-order valence-electron chi connectivity index (χ2n) is 8.16. The molecular formula is C24H27FN4O. The maximum Gasteiger partial charge on any atom is 0.254 e. The van der Waals surface area contributed by atoms with E-state index in [0.29, 0.717) is 28.7 Å². The van der Waals surface area contributed by atoms with Gasteiger partial charge in [-0.25, -0.2) is 14.4 Å². The smallest absolute Gasteiger partial charge is 0.254 e. The zero-order chi connectivity index (χ0) is 21.1. The van der Waals surface area contributed by atoms with Crippen LogP contribution >= 0.6 is 0 Å². The average molecular weight is 407 g/mol. The molecule has 0 bridgehead atoms. The summed E-state index contributed by atoms with van der Waals surface area (Å²) in [5.74, 6) is 1.11. The fraction of sp³-hybridized carbons (Fsp3) is 0.417. The highest BCUT2D eigenvalue weighted by molar-refractivity contribution is 5.93. The first-order chi connectivity index (χ1) is 14.6. The Labute approximate surface area is 176 Å². The Kier molecular flexibility index (Phi) is 6.02. The summed E-state index contributed by atoms with van der Waals surface area (Å²) in [6, 6.07) is 7.34. The van der Waals surface area contributed by atoms with Crippen LogP contribution in [0.25, 0.3) is 10.9 Å². The number of pyridine rings is 1. The Balaban J connectivity index is 1.43. The Morgan fingerprint density at radius 2 is 1.87 bits per heavy atom. The molecule has 30 heavy (non-hydrogen) atoms. The first-order valence-corrected chi connectivity index (χ1v) is 10.7. The van der Waals surface area contributed by atoms with Crippen LogP contribution in [-0.2, 0) is 0 Å². The molecule has 0 aliphatic heterocycles. The van der Waals surface area contributed by atoms with Gasteiger partial charge in [0.25, 0.3) is 5.91 Å². The van der Waals surface area contributed by atoms with E-state index in [9.17, 15) is 9.18 Å². The van der Waals surface area contributed by atoms with Crippen molar-refractivity contribution in [3.63, 3.8) is 0 Å². The molecular weight excluding hydrogens is 379 g/mol. The number of fused-ring (bicyclic) bond motifs is 1. The van der Waals surface area contributed by atoms with Gasteiger partial charge in [-0.15, -0.1) is 0 Å². The van der Waals surface area contributed by atoms with E-state index in [0.717, 1.165) is 37.5 Å². The molecule has 0 radical (unpaired) electrons. The predicted molar refractivity (Wildman–Crippen MR) is 115 cm³/mol. The highest BCUT2D eigenvalue weighted by atomic mass is 19.1. The molecule has 1 aliphatic carbocycles. The minimum atomic E-state index is -0.267. The fourth-order valence-electron chi connectivity index (χ4n) is 4.66. The molecule has 0 saturated heterocycles. The number of halogens is 1. The van der Waals surface area contributed by atoms with Crippen molar-refractivity contribution in [2.24, 2.45) is 5.92 Å². The summed E-state index contributed by atoms with van der Waals surface area (Å²) >= 11 is 0. The Morgan fingerprint density at radius 3 is 2.57 bits per heavy atom. The summed E-state index contributed by atoms with van der Waals surface area (Å²) in [7, 11) is 0. The van der Waals surface area contributed by atoms with Gasteiger partial charge in [0.15, 0.2) is 0 Å². The van der Waals surface area contributed by atoms with Gasteiger partial charge in [0.1, 0.15) is 17.2 Å². The van der Waals surface area contributed by atoms with Gasteiger partial charge in [-0.3, -0.25) is 9.78 Å². The quantitative estimate of drug-likeness (QED) is 0.651. The van der Waals surface area contributed by atoms with E-state index in [1.165, 1.54) is 11.6 Å². The molecule has 1 amide bonds. The summed E-state index contributed by atoms with van der Waals surface area (Å²) in [5, 5.41) is 4.10. The van der Waals surface area contributed by atoms with Crippen LogP contribution in [0.2, 0.25) is 0 Å². The lowest BCUT2D eigenvalue weighted by Crippen LogP contribution is -2.41. The highest BCUT2D eigenvalue weighted by Crippen LogP contribution is 2.40. The number of carbonyl (C=O) groups excluding carboxylic acids is 1. The van der Waals surface area contributed by atoms with Crippen molar-refractivity contribution in [2.45, 2.75) is 57.9 Å². The summed E-state index contributed by atoms with van der Waals surface area (Å²) in [6.45, 7) is 3.91. The number of aryl methyl sites for hydroxylation is 1. The number of rotatable bonds is 5. The molecule has 156 valence electrons. The zero-order valence-corrected chi connectivity index (χ0v) is 17.4. The van der Waals surface area contributed by atoms with Gasteiger partial charge in [0, 0.05) is 30.0 Å². The van der Waals surface area contributed by atoms with Crippen molar-refractivity contribution in [3.05, 3.63) is 65.6 Å². The van der Waals surface area contributed by atoms with E-state index in [2.05, 4.69) is 27.2 Å². The minimum Gasteiger partial charge on any atom is -0.349 e. The Morgan fingerprint density at radius 1 is 1.13 bits per heavy atom. The van der Waals surface area contributed by atoms with Crippen LogP contribution in [0.1, 0.15) is 66.7 Å². The summed E-state index contributed by atoms with van der Waals surface area (Å²) < 4.78 is 14.1. The molecule has 6 heteroatoms. The molecule has 1 aromatic carbocycles. The van der Waals surface area contributed by atoms with Crippen LogP contribution in [0.15, 0.2) is 42.9 Å². The molecule has 4 rings (SSSR count). The molecule has 1 N–H and O–H groups in total. The lowest BCUT2D eigenvalue weighted by atomic mass is 9.75. The van der Waals surface area contributed by atoms with Gasteiger partial charge in [0.05, 0.1) is 5.56 Å². The number of nitrogens with one attached hydrogen (secondary N) is 1. The normalized spacial score (nSPS) is 20.1. The Bertz CT molecular complexity index is 1030. The van der Waals surface area contributed by atoms with Crippen LogP contribution in [0, 0.1) is 18.7 Å². The summed E-state index contributed by atoms with van der Waals surface area (Å²) in [6.07, 6.45) is 9.88. The maximum absolute atomic E-state index is 14.1. The standard InChI is InChI=1S/C24H27FN4O/c1-3-22(29-24(30)18-13-27-15(2)28-14-18)17-9-7-16(8-10-17)19-11-12-26-23-20(19)5-4-6-21(23)25/h4-6,11-14,16-17,22H,3,7-10H2,1-2H3,(H,29,30). The molecule has 5 nitrogen and oxygen atoms in total. The number of hydrogen-bond donors (Lipinski definition) is 1. The molecule has 1 fully saturated rings. The number of para-hydroxylation sites is 1. The maximum atomic E-state index is 14.1. The highest BCUT2D eigenvalue weighted by Gasteiger charge is 2.29. The molecule has 1 atom stereocenters. The van der Waals surface area contributed by atoms with E-state index in [-0.39, 0.29) is 17.8 Å². The monoisotopic (exact) mass is 406 g/mol. The molecule has 2 heterocycles. The molecule has 1 saturated carbocycles. The van der Waals surface area contributed by atoms with Crippen LogP contribution in [0.3, 0.4) is 0 Å². The number of amides is 1. The lowest BCUT2D eigenvalue weighted by Gasteiger charge is -2.34. The third kappa shape index (κ3) is 4.18. The zero-order valence-electron chi connectivity index (χ0n) is 17.4. The fourth-order valence-corrected chi connectivity index (χ4v) is 4.66. The SMILES string of the molecule is CCC(NC(=O)c1cnc(C)nc1)C1CCC(c2ccnc3c(F)cccc23)CC1. The summed E-state index contributed by atoms with van der Waals surface area (Å²) in [5.41, 5.74) is 2.14. The number of aromatic nitrogens is 3. The van der Waals surface area contributed by atoms with Crippen molar-refractivity contribution in [1.29, 1.82) is 0 Å². The van der Waals surface area contributed by atoms with Crippen LogP contribution < -0.4 is 5.32 Å². The van der Waals surface area contributed by atoms with E-state index in [1.54, 1.807) is 31.6 Å². The summed E-state index contributed by atoms with van der Waals surface area (Å²) in [4.78, 5) is 25.1. The molecule has 1 unspecified atom stereocenters. The molecule has 1 aliphatic rings. The van der Waals surface area contributed by atoms with Crippen molar-refractivity contribution < 1.29 is 9.18 Å². The third-order valence-corrected chi connectivity index (χ3v) is 6.34. The first kappa shape index (κ1) is 20.4. The van der Waals surface area contributed by atoms with Gasteiger partial charge in [-0.05, 0) is 68.6 Å². The van der Waals surface area contributed by atoms with Crippen molar-refractivity contribution in [1.82, 2.24) is 20.3 Å². The van der Waals surface area contributed by atoms with Crippen LogP contribution in [0.4, 0.5) is 4.39 Å². The molecule has 2 aromatic heterocycles. The van der Waals surface area contributed by atoms with E-state index >= 15 is 0 Å². The predicted octanol–water partition coefficient (Wildman–Crippen LogP) is 4.95. The van der Waals surface area contributed by atoms with Crippen molar-refractivity contribution in [2.75, 3.05) is 0 Å². The third-order valence-electron chi connectivity index (χ3n) is 6.34. The topological polar surface area (TPSA) is 67.8 Å². The van der Waals surface area contributed by atoms with E-state index in [4.69, 9.17) is 0 Å². The number of carbonyl (C=O) groups is 1. The lowest BCUT2D eigenvalue weighted by molar-refractivity contribution is 0.0908. The molecule has 3 aromatic rings. The number of benzene rings is 1. The van der Waals surface area contributed by atoms with Crippen LogP contribution in [0.5, 0.6) is 0 Å². The molecule has 0 spiro atoms. The van der Waals surface area contributed by atoms with Gasteiger partial charge in [-0.1, -0.05) is 19.1 Å².